The quantitative estimate of drug-likeness (QED) is 0.653. The van der Waals surface area contributed by atoms with Crippen LogP contribution in [0.2, 0.25) is 0 Å². The number of rotatable bonds is 5. The van der Waals surface area contributed by atoms with Crippen LogP contribution in [0.1, 0.15) is 71.1 Å². The van der Waals surface area contributed by atoms with E-state index in [1.54, 1.807) is 6.08 Å². The SMILES string of the molecule is CCCCC1CCC(C2COC(C3CC=C(F)CC3)OC2)CC1. The highest BCUT2D eigenvalue weighted by Crippen LogP contribution is 2.38. The van der Waals surface area contributed by atoms with E-state index in [2.05, 4.69) is 6.92 Å². The average Bonchev–Trinajstić information content (AvgIpc) is 2.61. The van der Waals surface area contributed by atoms with E-state index in [0.29, 0.717) is 18.3 Å². The van der Waals surface area contributed by atoms with Crippen LogP contribution >= 0.6 is 0 Å². The molecule has 0 amide bonds. The van der Waals surface area contributed by atoms with Gasteiger partial charge >= 0.3 is 0 Å². The van der Waals surface area contributed by atoms with Gasteiger partial charge in [0, 0.05) is 11.8 Å². The molecule has 0 radical (unpaired) electrons. The molecule has 0 aromatic heterocycles. The molecule has 0 aromatic rings. The monoisotopic (exact) mass is 324 g/mol. The first kappa shape index (κ1) is 17.4. The topological polar surface area (TPSA) is 18.5 Å². The standard InChI is InChI=1S/C20H33FO2/c1-2-3-4-15-5-7-16(8-6-15)18-13-22-20(23-14-18)17-9-11-19(21)12-10-17/h11,15-18,20H,2-10,12-14H2,1H3. The molecule has 3 aliphatic rings. The minimum absolute atomic E-state index is 0.0368. The first-order chi connectivity index (χ1) is 11.3. The Labute approximate surface area is 140 Å². The van der Waals surface area contributed by atoms with Gasteiger partial charge in [0.05, 0.1) is 19.0 Å². The summed E-state index contributed by atoms with van der Waals surface area (Å²) in [6, 6.07) is 0. The lowest BCUT2D eigenvalue weighted by atomic mass is 9.74. The van der Waals surface area contributed by atoms with E-state index < -0.39 is 0 Å². The number of unbranched alkanes of at least 4 members (excludes halogenated alkanes) is 1. The molecule has 0 spiro atoms. The second kappa shape index (κ2) is 8.62. The van der Waals surface area contributed by atoms with Crippen LogP contribution in [-0.4, -0.2) is 19.5 Å². The van der Waals surface area contributed by atoms with Crippen molar-refractivity contribution in [2.75, 3.05) is 13.2 Å². The van der Waals surface area contributed by atoms with Crippen LogP contribution in [0.25, 0.3) is 0 Å². The van der Waals surface area contributed by atoms with Gasteiger partial charge in [0.25, 0.3) is 0 Å². The van der Waals surface area contributed by atoms with Gasteiger partial charge in [-0.1, -0.05) is 45.1 Å². The molecule has 1 saturated carbocycles. The molecule has 2 aliphatic carbocycles. The Kier molecular flexibility index (Phi) is 6.52. The molecule has 1 aliphatic heterocycles. The van der Waals surface area contributed by atoms with Crippen molar-refractivity contribution in [3.63, 3.8) is 0 Å². The zero-order chi connectivity index (χ0) is 16.1. The smallest absolute Gasteiger partial charge is 0.160 e. The molecule has 23 heavy (non-hydrogen) atoms. The van der Waals surface area contributed by atoms with Crippen LogP contribution in [0.5, 0.6) is 0 Å². The van der Waals surface area contributed by atoms with Crippen molar-refractivity contribution < 1.29 is 13.9 Å². The van der Waals surface area contributed by atoms with Gasteiger partial charge in [-0.2, -0.15) is 0 Å². The van der Waals surface area contributed by atoms with E-state index in [-0.39, 0.29) is 12.1 Å². The Bertz CT molecular complexity index is 379. The first-order valence-electron chi connectivity index (χ1n) is 9.84. The zero-order valence-corrected chi connectivity index (χ0v) is 14.6. The molecule has 0 aromatic carbocycles. The zero-order valence-electron chi connectivity index (χ0n) is 14.6. The van der Waals surface area contributed by atoms with Crippen LogP contribution in [0.3, 0.4) is 0 Å². The molecule has 1 unspecified atom stereocenters. The predicted octanol–water partition coefficient (Wildman–Crippen LogP) is 5.63. The lowest BCUT2D eigenvalue weighted by molar-refractivity contribution is -0.233. The van der Waals surface area contributed by atoms with Gasteiger partial charge in [-0.15, -0.1) is 0 Å². The van der Waals surface area contributed by atoms with E-state index in [9.17, 15) is 4.39 Å². The van der Waals surface area contributed by atoms with Crippen LogP contribution < -0.4 is 0 Å². The Morgan fingerprint density at radius 2 is 1.74 bits per heavy atom. The highest BCUT2D eigenvalue weighted by molar-refractivity contribution is 4.98. The van der Waals surface area contributed by atoms with E-state index in [0.717, 1.165) is 37.9 Å². The fourth-order valence-electron chi connectivity index (χ4n) is 4.59. The summed E-state index contributed by atoms with van der Waals surface area (Å²) in [4.78, 5) is 0. The summed E-state index contributed by atoms with van der Waals surface area (Å²) >= 11 is 0. The average molecular weight is 324 g/mol. The van der Waals surface area contributed by atoms with Crippen molar-refractivity contribution in [3.8, 4) is 0 Å². The normalized spacial score (nSPS) is 39.0. The Hall–Kier alpha value is -0.410. The lowest BCUT2D eigenvalue weighted by Crippen LogP contribution is -2.40. The summed E-state index contributed by atoms with van der Waals surface area (Å²) in [5.41, 5.74) is 0. The maximum absolute atomic E-state index is 13.1. The van der Waals surface area contributed by atoms with E-state index in [1.165, 1.54) is 44.9 Å². The fraction of sp³-hybridized carbons (Fsp3) is 0.900. The van der Waals surface area contributed by atoms with Crippen LogP contribution in [0.15, 0.2) is 11.9 Å². The van der Waals surface area contributed by atoms with Gasteiger partial charge < -0.3 is 9.47 Å². The summed E-state index contributed by atoms with van der Waals surface area (Å²) in [5, 5.41) is 0. The van der Waals surface area contributed by atoms with Crippen LogP contribution in [0.4, 0.5) is 4.39 Å². The van der Waals surface area contributed by atoms with Gasteiger partial charge in [-0.25, -0.2) is 4.39 Å². The first-order valence-corrected chi connectivity index (χ1v) is 9.84. The molecule has 132 valence electrons. The molecule has 1 atom stereocenters. The molecular formula is C20H33FO2. The Balaban J connectivity index is 1.38. The van der Waals surface area contributed by atoms with E-state index in [4.69, 9.17) is 9.47 Å². The maximum Gasteiger partial charge on any atom is 0.160 e. The summed E-state index contributed by atoms with van der Waals surface area (Å²) < 4.78 is 25.2. The van der Waals surface area contributed by atoms with Crippen molar-refractivity contribution in [3.05, 3.63) is 11.9 Å². The van der Waals surface area contributed by atoms with Crippen molar-refractivity contribution in [2.24, 2.45) is 23.7 Å². The largest absolute Gasteiger partial charge is 0.352 e. The number of allylic oxidation sites excluding steroid dienone is 2. The molecule has 1 saturated heterocycles. The van der Waals surface area contributed by atoms with Gasteiger partial charge in [0.1, 0.15) is 0 Å². The molecular weight excluding hydrogens is 291 g/mol. The third kappa shape index (κ3) is 4.79. The second-order valence-corrected chi connectivity index (χ2v) is 7.90. The predicted molar refractivity (Wildman–Crippen MR) is 90.7 cm³/mol. The molecule has 0 bridgehead atoms. The number of ether oxygens (including phenoxy) is 2. The molecule has 0 N–H and O–H groups in total. The highest BCUT2D eigenvalue weighted by Gasteiger charge is 2.34. The minimum Gasteiger partial charge on any atom is -0.352 e. The third-order valence-corrected chi connectivity index (χ3v) is 6.25. The number of halogens is 1. The van der Waals surface area contributed by atoms with Gasteiger partial charge in [-0.05, 0) is 43.9 Å². The summed E-state index contributed by atoms with van der Waals surface area (Å²) in [5.74, 6) is 2.72. The maximum atomic E-state index is 13.1. The van der Waals surface area contributed by atoms with Crippen molar-refractivity contribution in [1.29, 1.82) is 0 Å². The van der Waals surface area contributed by atoms with Gasteiger partial charge in [0.2, 0.25) is 0 Å². The molecule has 1 heterocycles. The minimum atomic E-state index is -0.100. The van der Waals surface area contributed by atoms with Crippen molar-refractivity contribution >= 4 is 0 Å². The lowest BCUT2D eigenvalue weighted by Gasteiger charge is -2.40. The molecule has 2 nitrogen and oxygen atoms in total. The molecule has 3 heteroatoms. The van der Waals surface area contributed by atoms with Crippen LogP contribution in [0, 0.1) is 23.7 Å². The van der Waals surface area contributed by atoms with Crippen molar-refractivity contribution in [2.45, 2.75) is 77.4 Å². The Morgan fingerprint density at radius 3 is 2.35 bits per heavy atom. The van der Waals surface area contributed by atoms with E-state index >= 15 is 0 Å². The fourth-order valence-corrected chi connectivity index (χ4v) is 4.59. The van der Waals surface area contributed by atoms with Gasteiger partial charge in [-0.3, -0.25) is 0 Å². The molecule has 3 rings (SSSR count). The summed E-state index contributed by atoms with van der Waals surface area (Å²) in [6.07, 6.45) is 13.4. The Morgan fingerprint density at radius 1 is 1.00 bits per heavy atom. The third-order valence-electron chi connectivity index (χ3n) is 6.25. The summed E-state index contributed by atoms with van der Waals surface area (Å²) in [6.45, 7) is 3.98. The number of hydrogen-bond acceptors (Lipinski definition) is 2. The van der Waals surface area contributed by atoms with E-state index in [1.807, 2.05) is 0 Å². The highest BCUT2D eigenvalue weighted by atomic mass is 19.1. The van der Waals surface area contributed by atoms with Gasteiger partial charge in [0.15, 0.2) is 6.29 Å². The molecule has 2 fully saturated rings. The second-order valence-electron chi connectivity index (χ2n) is 7.90. The van der Waals surface area contributed by atoms with Crippen molar-refractivity contribution in [1.82, 2.24) is 0 Å². The van der Waals surface area contributed by atoms with Crippen LogP contribution in [-0.2, 0) is 9.47 Å². The summed E-state index contributed by atoms with van der Waals surface area (Å²) in [7, 11) is 0. The number of hydrogen-bond donors (Lipinski definition) is 0.